The van der Waals surface area contributed by atoms with Crippen molar-refractivity contribution >= 4 is 21.6 Å². The monoisotopic (exact) mass is 631 g/mol. The lowest BCUT2D eigenvalue weighted by molar-refractivity contribution is -0.115. The summed E-state index contributed by atoms with van der Waals surface area (Å²) >= 11 is 0. The third-order valence-electron chi connectivity index (χ3n) is 5.72. The molecule has 8 nitrogen and oxygen atoms in total. The number of carbonyl (C=O) groups is 1. The molecule has 1 rings (SSSR count). The van der Waals surface area contributed by atoms with Crippen LogP contribution in [-0.2, 0) is 27.9 Å². The van der Waals surface area contributed by atoms with Gasteiger partial charge in [-0.3, -0.25) is 13.8 Å². The molecule has 0 aromatic rings. The van der Waals surface area contributed by atoms with Crippen molar-refractivity contribution in [1.82, 2.24) is 5.32 Å². The fourth-order valence-electron chi connectivity index (χ4n) is 3.74. The number of hydrogen-bond donors (Lipinski definition) is 2. The van der Waals surface area contributed by atoms with Gasteiger partial charge < -0.3 is 19.7 Å². The Morgan fingerprint density at radius 3 is 1.76 bits per heavy atom. The molecular formula is C36H31BNO7P. The molecule has 1 saturated heterocycles. The lowest BCUT2D eigenvalue weighted by Gasteiger charge is -2.25. The van der Waals surface area contributed by atoms with Crippen molar-refractivity contribution in [2.75, 3.05) is 27.4 Å². The maximum Gasteiger partial charge on any atom is 0.472 e. The van der Waals surface area contributed by atoms with Crippen LogP contribution in [0.1, 0.15) is 45.4 Å². The Hall–Kier alpha value is -4.84. The van der Waals surface area contributed by atoms with Gasteiger partial charge in [0.25, 0.3) is 5.91 Å². The molecule has 0 aromatic carbocycles. The van der Waals surface area contributed by atoms with Crippen molar-refractivity contribution in [3.8, 4) is 118 Å². The van der Waals surface area contributed by atoms with Gasteiger partial charge in [-0.1, -0.05) is 31.6 Å². The van der Waals surface area contributed by atoms with Gasteiger partial charge in [0.15, 0.2) is 0 Å². The highest BCUT2D eigenvalue weighted by Crippen LogP contribution is 2.48. The molecular weight excluding hydrogens is 600 g/mol. The van der Waals surface area contributed by atoms with Gasteiger partial charge in [0, 0.05) is 50.4 Å². The van der Waals surface area contributed by atoms with Crippen molar-refractivity contribution in [1.29, 1.82) is 0 Å². The second-order valence-electron chi connectivity index (χ2n) is 8.92. The molecule has 2 radical (unpaired) electrons. The molecule has 1 amide bonds. The molecule has 10 heteroatoms. The predicted molar refractivity (Wildman–Crippen MR) is 176 cm³/mol. The summed E-state index contributed by atoms with van der Waals surface area (Å²) in [7, 11) is 4.51. The third-order valence-corrected chi connectivity index (χ3v) is 6.69. The number of phosphoric ester groups is 1. The third kappa shape index (κ3) is 19.4. The molecule has 2 unspecified atom stereocenters. The fraction of sp³-hybridized carbons (Fsp3) is 0.417. The van der Waals surface area contributed by atoms with Gasteiger partial charge in [0.05, 0.1) is 6.61 Å². The zero-order valence-corrected chi connectivity index (χ0v) is 26.8. The highest BCUT2D eigenvalue weighted by molar-refractivity contribution is 7.47. The summed E-state index contributed by atoms with van der Waals surface area (Å²) in [6, 6.07) is -0.633. The summed E-state index contributed by atoms with van der Waals surface area (Å²) in [5, 5.41) is 2.72. The number of rotatable bonds is 13. The smallest absolute Gasteiger partial charge is 0.382 e. The van der Waals surface area contributed by atoms with E-state index in [1.807, 2.05) is 0 Å². The Kier molecular flexibility index (Phi) is 21.7. The Morgan fingerprint density at radius 1 is 0.783 bits per heavy atom. The minimum atomic E-state index is -4.21. The van der Waals surface area contributed by atoms with Crippen LogP contribution in [0.25, 0.3) is 0 Å². The molecule has 230 valence electrons. The molecule has 1 fully saturated rings. The van der Waals surface area contributed by atoms with Crippen LogP contribution in [0, 0.1) is 124 Å². The quantitative estimate of drug-likeness (QED) is 0.138. The predicted octanol–water partition coefficient (Wildman–Crippen LogP) is 1.79. The lowest BCUT2D eigenvalue weighted by atomic mass is 9.81. The molecule has 5 atom stereocenters. The Balaban J connectivity index is 2.28. The molecule has 1 aliphatic rings. The number of nitrogens with one attached hydrogen (secondary N) is 1. The van der Waals surface area contributed by atoms with Crippen LogP contribution >= 0.6 is 7.82 Å². The molecule has 0 aromatic heterocycles. The van der Waals surface area contributed by atoms with E-state index in [1.54, 1.807) is 6.92 Å². The summed E-state index contributed by atoms with van der Waals surface area (Å²) in [5.41, 5.74) is 0. The van der Waals surface area contributed by atoms with Crippen LogP contribution in [-0.4, -0.2) is 64.2 Å². The first kappa shape index (κ1) is 39.2. The zero-order chi connectivity index (χ0) is 33.7. The number of unbranched alkanes of at least 4 members (excludes halogenated alkanes) is 4. The van der Waals surface area contributed by atoms with E-state index in [0.717, 1.165) is 39.2 Å². The van der Waals surface area contributed by atoms with Crippen molar-refractivity contribution in [3.63, 3.8) is 0 Å². The number of hydrogen-bond acceptors (Lipinski definition) is 6. The topological polar surface area (TPSA) is 103 Å². The van der Waals surface area contributed by atoms with E-state index in [2.05, 4.69) is 128 Å². The molecule has 0 saturated carbocycles. The summed E-state index contributed by atoms with van der Waals surface area (Å²) in [6.07, 6.45) is 3.77. The average molecular weight is 631 g/mol. The van der Waals surface area contributed by atoms with Gasteiger partial charge in [-0.05, 0) is 114 Å². The zero-order valence-electron chi connectivity index (χ0n) is 25.9. The van der Waals surface area contributed by atoms with E-state index in [0.29, 0.717) is 13.0 Å². The average Bonchev–Trinajstić information content (AvgIpc) is 3.31. The van der Waals surface area contributed by atoms with Crippen LogP contribution in [0.4, 0.5) is 0 Å². The molecule has 1 heterocycles. The number of ether oxygens (including phenoxy) is 2. The van der Waals surface area contributed by atoms with Crippen molar-refractivity contribution in [3.05, 3.63) is 0 Å². The second-order valence-corrected chi connectivity index (χ2v) is 10.4. The van der Waals surface area contributed by atoms with Crippen LogP contribution in [0.5, 0.6) is 0 Å². The Bertz CT molecular complexity index is 1740. The van der Waals surface area contributed by atoms with Crippen LogP contribution in [0.3, 0.4) is 0 Å². The molecule has 2 N–H and O–H groups in total. The first-order valence-corrected chi connectivity index (χ1v) is 15.5. The van der Waals surface area contributed by atoms with E-state index in [-0.39, 0.29) is 12.5 Å². The largest absolute Gasteiger partial charge is 0.472 e. The standard InChI is InChI=1S/C36H31BNO7P/c1-4-5-6-7-8-9-10-11-12-13-14-15-16-17-18-19-20-23-26-29-34(39)38-30-27-24-21-22-25-28-32-35(45-46(40,41)43-3)33(31-42-2)44-36(32)37/h32-33,35-36H,21-22,24-25,27-28,30-31H2,1-3H3,(H,38,39)(H,40,41)/t32-,33+,35?,36+/m0/s1. The summed E-state index contributed by atoms with van der Waals surface area (Å²) in [4.78, 5) is 21.6. The maximum absolute atomic E-state index is 12.0. The number of amides is 1. The second kappa shape index (κ2) is 25.5. The van der Waals surface area contributed by atoms with Gasteiger partial charge in [-0.15, -0.1) is 0 Å². The van der Waals surface area contributed by atoms with E-state index in [1.165, 1.54) is 7.11 Å². The van der Waals surface area contributed by atoms with Gasteiger partial charge >= 0.3 is 7.82 Å². The van der Waals surface area contributed by atoms with Gasteiger partial charge in [0.2, 0.25) is 0 Å². The van der Waals surface area contributed by atoms with Crippen LogP contribution in [0.2, 0.25) is 0 Å². The van der Waals surface area contributed by atoms with E-state index >= 15 is 0 Å². The normalized spacial score (nSPS) is 17.6. The number of carbonyl (C=O) groups excluding carboxylic acids is 1. The molecule has 0 bridgehead atoms. The van der Waals surface area contributed by atoms with Gasteiger partial charge in [-0.25, -0.2) is 4.57 Å². The van der Waals surface area contributed by atoms with Crippen LogP contribution < -0.4 is 5.32 Å². The molecule has 0 spiro atoms. The van der Waals surface area contributed by atoms with E-state index in [9.17, 15) is 14.3 Å². The molecule has 1 aliphatic heterocycles. The molecule has 46 heavy (non-hydrogen) atoms. The van der Waals surface area contributed by atoms with Crippen molar-refractivity contribution in [2.45, 2.75) is 63.7 Å². The first-order valence-electron chi connectivity index (χ1n) is 14.0. The highest BCUT2D eigenvalue weighted by atomic mass is 31.2. The SMILES string of the molecule is [B][C@@H]1O[C@H](COC)C(OP(=O)(O)OC)[C@@H]1CCCCCCCNC(=O)C#CC#CC#CC#CC#CC#CC#CC#CC#CC#CC. The minimum absolute atomic E-state index is 0.182. The summed E-state index contributed by atoms with van der Waals surface area (Å²) < 4.78 is 32.7. The molecule has 0 aliphatic carbocycles. The van der Waals surface area contributed by atoms with Crippen LogP contribution in [0.15, 0.2) is 0 Å². The van der Waals surface area contributed by atoms with Crippen molar-refractivity contribution in [2.24, 2.45) is 5.92 Å². The fourth-order valence-corrected chi connectivity index (χ4v) is 4.43. The van der Waals surface area contributed by atoms with E-state index in [4.69, 9.17) is 21.8 Å². The maximum atomic E-state index is 12.0. The lowest BCUT2D eigenvalue weighted by Crippen LogP contribution is -2.33. The highest BCUT2D eigenvalue weighted by Gasteiger charge is 2.45. The first-order chi connectivity index (χ1) is 22.3. The number of phosphoric acid groups is 1. The summed E-state index contributed by atoms with van der Waals surface area (Å²) in [6.45, 7) is 2.36. The van der Waals surface area contributed by atoms with E-state index < -0.39 is 31.9 Å². The van der Waals surface area contributed by atoms with Gasteiger partial charge in [0.1, 0.15) is 20.1 Å². The Labute approximate surface area is 274 Å². The number of methoxy groups -OCH3 is 1. The minimum Gasteiger partial charge on any atom is -0.382 e. The van der Waals surface area contributed by atoms with Gasteiger partial charge in [-0.2, -0.15) is 0 Å². The Morgan fingerprint density at radius 2 is 1.26 bits per heavy atom. The summed E-state index contributed by atoms with van der Waals surface area (Å²) in [5.74, 6) is 49.3. The van der Waals surface area contributed by atoms with Crippen molar-refractivity contribution < 1.29 is 32.8 Å².